The summed E-state index contributed by atoms with van der Waals surface area (Å²) < 4.78 is 8.23. The highest BCUT2D eigenvalue weighted by Gasteiger charge is 2.21. The van der Waals surface area contributed by atoms with Crippen molar-refractivity contribution in [2.75, 3.05) is 6.54 Å². The van der Waals surface area contributed by atoms with Gasteiger partial charge in [-0.15, -0.1) is 0 Å². The van der Waals surface area contributed by atoms with Gasteiger partial charge in [0.1, 0.15) is 11.5 Å². The molecule has 0 fully saturated rings. The van der Waals surface area contributed by atoms with Crippen LogP contribution in [0.4, 0.5) is 0 Å². The summed E-state index contributed by atoms with van der Waals surface area (Å²) in [5.41, 5.74) is 0.695. The second kappa shape index (κ2) is 6.31. The van der Waals surface area contributed by atoms with E-state index in [0.717, 1.165) is 10.2 Å². The summed E-state index contributed by atoms with van der Waals surface area (Å²) in [6.07, 6.45) is 3.57. The van der Waals surface area contributed by atoms with Crippen LogP contribution in [0.5, 0.6) is 0 Å². The molecule has 0 radical (unpaired) electrons. The summed E-state index contributed by atoms with van der Waals surface area (Å²) >= 11 is 3.44. The summed E-state index contributed by atoms with van der Waals surface area (Å²) in [5, 5.41) is 0. The van der Waals surface area contributed by atoms with Gasteiger partial charge in [-0.2, -0.15) is 0 Å². The molecule has 0 aliphatic carbocycles. The van der Waals surface area contributed by atoms with Gasteiger partial charge in [-0.05, 0) is 54.9 Å². The third-order valence-corrected chi connectivity index (χ3v) is 3.62. The van der Waals surface area contributed by atoms with Crippen LogP contribution in [0.15, 0.2) is 39.5 Å². The highest BCUT2D eigenvalue weighted by Crippen LogP contribution is 2.21. The number of halogens is 1. The van der Waals surface area contributed by atoms with E-state index in [4.69, 9.17) is 4.42 Å². The molecule has 0 bridgehead atoms. The van der Waals surface area contributed by atoms with Crippen molar-refractivity contribution in [2.24, 2.45) is 0 Å². The van der Waals surface area contributed by atoms with E-state index in [2.05, 4.69) is 29.8 Å². The zero-order chi connectivity index (χ0) is 14.7. The van der Waals surface area contributed by atoms with E-state index < -0.39 is 0 Å². The lowest BCUT2D eigenvalue weighted by Gasteiger charge is -2.21. The van der Waals surface area contributed by atoms with E-state index >= 15 is 0 Å². The Kier molecular flexibility index (Phi) is 4.70. The van der Waals surface area contributed by atoms with Gasteiger partial charge in [-0.1, -0.05) is 0 Å². The van der Waals surface area contributed by atoms with Gasteiger partial charge < -0.3 is 13.9 Å². The molecule has 0 N–H and O–H groups in total. The fourth-order valence-corrected chi connectivity index (χ4v) is 2.56. The predicted octanol–water partition coefficient (Wildman–Crippen LogP) is 4.09. The Morgan fingerprint density at radius 3 is 2.80 bits per heavy atom. The van der Waals surface area contributed by atoms with Crippen LogP contribution in [0.25, 0.3) is 0 Å². The minimum atomic E-state index is 0.0169. The van der Waals surface area contributed by atoms with Gasteiger partial charge in [0.25, 0.3) is 5.91 Å². The fourth-order valence-electron chi connectivity index (χ4n) is 2.12. The molecule has 2 aromatic heterocycles. The smallest absolute Gasteiger partial charge is 0.270 e. The van der Waals surface area contributed by atoms with Crippen LogP contribution in [-0.4, -0.2) is 21.9 Å². The lowest BCUT2D eigenvalue weighted by atomic mass is 10.3. The first kappa shape index (κ1) is 14.9. The SMILES string of the molecule is CCN(Cc1ccco1)C(=O)c1cc(Br)cn1C(C)C. The van der Waals surface area contributed by atoms with E-state index in [1.54, 1.807) is 11.2 Å². The molecule has 1 amide bonds. The average Bonchev–Trinajstić information content (AvgIpc) is 3.04. The molecule has 2 heterocycles. The maximum absolute atomic E-state index is 12.7. The molecule has 4 nitrogen and oxygen atoms in total. The first-order valence-corrected chi connectivity index (χ1v) is 7.51. The molecule has 5 heteroatoms. The van der Waals surface area contributed by atoms with Crippen LogP contribution in [0.3, 0.4) is 0 Å². The molecule has 0 spiro atoms. The Bertz CT molecular complexity index is 573. The minimum Gasteiger partial charge on any atom is -0.467 e. The Morgan fingerprint density at radius 1 is 1.50 bits per heavy atom. The van der Waals surface area contributed by atoms with E-state index in [-0.39, 0.29) is 11.9 Å². The van der Waals surface area contributed by atoms with Crippen LogP contribution in [-0.2, 0) is 6.54 Å². The van der Waals surface area contributed by atoms with Crippen LogP contribution >= 0.6 is 15.9 Å². The summed E-state index contributed by atoms with van der Waals surface area (Å²) in [5.74, 6) is 0.810. The Morgan fingerprint density at radius 2 is 2.25 bits per heavy atom. The number of amides is 1. The van der Waals surface area contributed by atoms with Gasteiger partial charge in [0.15, 0.2) is 0 Å². The van der Waals surface area contributed by atoms with E-state index in [9.17, 15) is 4.79 Å². The second-order valence-corrected chi connectivity index (χ2v) is 5.86. The van der Waals surface area contributed by atoms with Gasteiger partial charge >= 0.3 is 0 Å². The number of rotatable bonds is 5. The van der Waals surface area contributed by atoms with Crippen LogP contribution < -0.4 is 0 Å². The molecule has 108 valence electrons. The zero-order valence-corrected chi connectivity index (χ0v) is 13.6. The van der Waals surface area contributed by atoms with Gasteiger partial charge in [-0.3, -0.25) is 4.79 Å². The summed E-state index contributed by atoms with van der Waals surface area (Å²) in [6, 6.07) is 5.82. The van der Waals surface area contributed by atoms with E-state index in [1.165, 1.54) is 0 Å². The van der Waals surface area contributed by atoms with Crippen molar-refractivity contribution in [3.05, 3.63) is 46.6 Å². The lowest BCUT2D eigenvalue weighted by molar-refractivity contribution is 0.0729. The number of carbonyl (C=O) groups is 1. The molecule has 0 aliphatic rings. The maximum Gasteiger partial charge on any atom is 0.270 e. The zero-order valence-electron chi connectivity index (χ0n) is 12.0. The summed E-state index contributed by atoms with van der Waals surface area (Å²) in [6.45, 7) is 7.22. The molecule has 2 aromatic rings. The molecular weight excluding hydrogens is 320 g/mol. The second-order valence-electron chi connectivity index (χ2n) is 4.94. The largest absolute Gasteiger partial charge is 0.467 e. The van der Waals surface area contributed by atoms with E-state index in [0.29, 0.717) is 18.8 Å². The first-order valence-electron chi connectivity index (χ1n) is 6.72. The van der Waals surface area contributed by atoms with Crippen LogP contribution in [0.1, 0.15) is 43.1 Å². The monoisotopic (exact) mass is 338 g/mol. The number of aromatic nitrogens is 1. The molecule has 0 unspecified atom stereocenters. The van der Waals surface area contributed by atoms with Crippen molar-refractivity contribution in [1.82, 2.24) is 9.47 Å². The topological polar surface area (TPSA) is 38.4 Å². The molecule has 0 saturated carbocycles. The van der Waals surface area contributed by atoms with Crippen molar-refractivity contribution >= 4 is 21.8 Å². The van der Waals surface area contributed by atoms with Crippen molar-refractivity contribution in [1.29, 1.82) is 0 Å². The predicted molar refractivity (Wildman–Crippen MR) is 81.6 cm³/mol. The maximum atomic E-state index is 12.7. The number of nitrogens with zero attached hydrogens (tertiary/aromatic N) is 2. The van der Waals surface area contributed by atoms with Crippen molar-refractivity contribution in [3.8, 4) is 0 Å². The number of hydrogen-bond acceptors (Lipinski definition) is 2. The van der Waals surface area contributed by atoms with E-state index in [1.807, 2.05) is 35.9 Å². The molecule has 2 rings (SSSR count). The van der Waals surface area contributed by atoms with Gasteiger partial charge in [-0.25, -0.2) is 0 Å². The Hall–Kier alpha value is -1.49. The summed E-state index contributed by atoms with van der Waals surface area (Å²) in [7, 11) is 0. The molecule has 20 heavy (non-hydrogen) atoms. The number of furan rings is 1. The Balaban J connectivity index is 2.24. The number of carbonyl (C=O) groups excluding carboxylic acids is 1. The van der Waals surface area contributed by atoms with Crippen molar-refractivity contribution in [2.45, 2.75) is 33.4 Å². The molecule has 0 aliphatic heterocycles. The average molecular weight is 339 g/mol. The van der Waals surface area contributed by atoms with Crippen molar-refractivity contribution < 1.29 is 9.21 Å². The standard InChI is InChI=1S/C15H19BrN2O2/c1-4-17(10-13-6-5-7-20-13)15(19)14-8-12(16)9-18(14)11(2)3/h5-9,11H,4,10H2,1-3H3. The minimum absolute atomic E-state index is 0.0169. The lowest BCUT2D eigenvalue weighted by Crippen LogP contribution is -2.32. The molecule has 0 saturated heterocycles. The third-order valence-electron chi connectivity index (χ3n) is 3.19. The number of hydrogen-bond donors (Lipinski definition) is 0. The summed E-state index contributed by atoms with van der Waals surface area (Å²) in [4.78, 5) is 14.5. The Labute approximate surface area is 127 Å². The van der Waals surface area contributed by atoms with Crippen molar-refractivity contribution in [3.63, 3.8) is 0 Å². The molecular formula is C15H19BrN2O2. The quantitative estimate of drug-likeness (QED) is 0.823. The molecule has 0 atom stereocenters. The van der Waals surface area contributed by atoms with Gasteiger partial charge in [0, 0.05) is 23.3 Å². The first-order chi connectivity index (χ1) is 9.52. The normalized spacial score (nSPS) is 11.1. The highest BCUT2D eigenvalue weighted by atomic mass is 79.9. The fraction of sp³-hybridized carbons (Fsp3) is 0.400. The molecule has 0 aromatic carbocycles. The van der Waals surface area contributed by atoms with Crippen LogP contribution in [0.2, 0.25) is 0 Å². The van der Waals surface area contributed by atoms with Crippen LogP contribution in [0, 0.1) is 0 Å². The highest BCUT2D eigenvalue weighted by molar-refractivity contribution is 9.10. The third kappa shape index (κ3) is 3.15. The van der Waals surface area contributed by atoms with Gasteiger partial charge in [0.2, 0.25) is 0 Å². The van der Waals surface area contributed by atoms with Gasteiger partial charge in [0.05, 0.1) is 12.8 Å².